The van der Waals surface area contributed by atoms with E-state index < -0.39 is 23.5 Å². The van der Waals surface area contributed by atoms with Gasteiger partial charge in [-0.2, -0.15) is 67.9 Å². The van der Waals surface area contributed by atoms with Gasteiger partial charge >= 0.3 is 38.6 Å². The maximum Gasteiger partial charge on any atom is 3.00 e. The number of hydrogen-bond acceptors (Lipinski definition) is 0. The fourth-order valence-electron chi connectivity index (χ4n) is 7.90. The third-order valence-corrected chi connectivity index (χ3v) is 11.7. The summed E-state index contributed by atoms with van der Waals surface area (Å²) in [5.41, 5.74) is 5.72. The molecule has 0 fully saturated rings. The standard InChI is InChI=1S/2C20H18F3.C12H7Si.Zr/c2*1-13(2)10-14-11-15-6-5-8-16(18(15)12-14)17-7-3-4-9-19(17)20(21,22)23;1-3-7-11-9(5-1)10-6-2-4-8-12(10)13-11;/h2*3-9,11-13H,10H2,1-2H3;1-7H;/q3*-1;+3. The van der Waals surface area contributed by atoms with Crippen molar-refractivity contribution in [3.05, 3.63) is 180 Å². The Hall–Kier alpha value is -4.78. The molecule has 0 bridgehead atoms. The first-order valence-electron chi connectivity index (χ1n) is 19.7. The number of alkyl halides is 6. The molecule has 0 aliphatic carbocycles. The van der Waals surface area contributed by atoms with Crippen molar-refractivity contribution in [2.45, 2.75) is 52.9 Å². The van der Waals surface area contributed by atoms with Crippen LogP contribution in [0.2, 0.25) is 0 Å². The molecule has 0 nitrogen and oxygen atoms in total. The van der Waals surface area contributed by atoms with Gasteiger partial charge in [-0.25, -0.2) is 0 Å². The molecule has 0 saturated heterocycles. The molecule has 9 rings (SSSR count). The van der Waals surface area contributed by atoms with Crippen LogP contribution in [0.5, 0.6) is 0 Å². The Morgan fingerprint density at radius 3 is 1.38 bits per heavy atom. The smallest absolute Gasteiger partial charge is 0.184 e. The second-order valence-electron chi connectivity index (χ2n) is 15.8. The van der Waals surface area contributed by atoms with Gasteiger partial charge in [0.2, 0.25) is 0 Å². The molecule has 301 valence electrons. The van der Waals surface area contributed by atoms with Gasteiger partial charge in [-0.15, -0.1) is 74.6 Å². The maximum absolute atomic E-state index is 13.3. The summed E-state index contributed by atoms with van der Waals surface area (Å²) in [6.07, 6.45) is -6.86. The van der Waals surface area contributed by atoms with Crippen molar-refractivity contribution in [3.8, 4) is 33.4 Å². The van der Waals surface area contributed by atoms with Crippen molar-refractivity contribution in [1.82, 2.24) is 0 Å². The SMILES string of the molecule is CC(C)Cc1cc2c(-c3ccccc3C(F)(F)F)cccc2[cH-]1.CC(C)Cc1cc2c(-c3ccccc3C(F)(F)F)cccc2[cH-]1.[Zr+3].[c-]1cccc2c1[Si]c1ccccc1-2. The van der Waals surface area contributed by atoms with Gasteiger partial charge in [-0.3, -0.25) is 0 Å². The minimum atomic E-state index is -4.36. The number of halogens is 6. The molecule has 1 aliphatic rings. The van der Waals surface area contributed by atoms with E-state index in [9.17, 15) is 26.3 Å². The zero-order valence-corrected chi connectivity index (χ0v) is 37.2. The molecule has 1 aliphatic heterocycles. The fraction of sp³-hybridized carbons (Fsp3) is 0.192. The Morgan fingerprint density at radius 2 is 0.917 bits per heavy atom. The molecule has 0 amide bonds. The molecule has 0 saturated carbocycles. The summed E-state index contributed by atoms with van der Waals surface area (Å²) in [7, 11) is 0.795. The first-order chi connectivity index (χ1) is 28.2. The molecule has 0 atom stereocenters. The van der Waals surface area contributed by atoms with E-state index in [1.807, 2.05) is 42.5 Å². The Labute approximate surface area is 370 Å². The normalized spacial score (nSPS) is 12.1. The van der Waals surface area contributed by atoms with Crippen LogP contribution in [-0.4, -0.2) is 9.52 Å². The van der Waals surface area contributed by atoms with Crippen molar-refractivity contribution in [1.29, 1.82) is 0 Å². The van der Waals surface area contributed by atoms with E-state index in [1.54, 1.807) is 36.4 Å². The summed E-state index contributed by atoms with van der Waals surface area (Å²) < 4.78 is 79.9. The molecule has 0 aromatic heterocycles. The van der Waals surface area contributed by atoms with Gasteiger partial charge in [-0.1, -0.05) is 122 Å². The predicted molar refractivity (Wildman–Crippen MR) is 233 cm³/mol. The molecular weight excluding hydrogens is 858 g/mol. The molecule has 8 heteroatoms. The first kappa shape index (κ1) is 44.8. The van der Waals surface area contributed by atoms with Gasteiger partial charge in [0.1, 0.15) is 0 Å². The van der Waals surface area contributed by atoms with E-state index in [1.165, 1.54) is 44.8 Å². The largest absolute Gasteiger partial charge is 3.00 e. The van der Waals surface area contributed by atoms with Crippen LogP contribution in [0.3, 0.4) is 0 Å². The van der Waals surface area contributed by atoms with Gasteiger partial charge in [0.05, 0.1) is 20.6 Å². The molecule has 1 heterocycles. The molecule has 0 unspecified atom stereocenters. The average Bonchev–Trinajstić information content (AvgIpc) is 3.91. The van der Waals surface area contributed by atoms with E-state index in [-0.39, 0.29) is 37.3 Å². The first-order valence-corrected chi connectivity index (χ1v) is 20.7. The zero-order valence-electron chi connectivity index (χ0n) is 33.8. The summed E-state index contributed by atoms with van der Waals surface area (Å²) in [5, 5.41) is 6.59. The molecule has 8 aromatic rings. The van der Waals surface area contributed by atoms with Crippen LogP contribution >= 0.6 is 0 Å². The Kier molecular flexibility index (Phi) is 14.1. The number of benzene rings is 6. The van der Waals surface area contributed by atoms with Crippen LogP contribution in [0, 0.1) is 17.9 Å². The van der Waals surface area contributed by atoms with Crippen molar-refractivity contribution >= 4 is 41.4 Å². The average molecular weight is 901 g/mol. The second kappa shape index (κ2) is 18.9. The number of hydrogen-bond donors (Lipinski definition) is 0. The molecular formula is C52H43F6SiZr. The molecule has 0 N–H and O–H groups in total. The number of rotatable bonds is 6. The van der Waals surface area contributed by atoms with Gasteiger partial charge in [0.15, 0.2) is 0 Å². The monoisotopic (exact) mass is 899 g/mol. The fourth-order valence-corrected chi connectivity index (χ4v) is 9.21. The molecule has 3 radical (unpaired) electrons. The predicted octanol–water partition coefficient (Wildman–Crippen LogP) is 14.0. The van der Waals surface area contributed by atoms with Crippen LogP contribution in [0.15, 0.2) is 152 Å². The summed E-state index contributed by atoms with van der Waals surface area (Å²) in [5.74, 6) is 1.02. The summed E-state index contributed by atoms with van der Waals surface area (Å²) in [4.78, 5) is 0. The second-order valence-corrected chi connectivity index (χ2v) is 17.0. The molecule has 60 heavy (non-hydrogen) atoms. The minimum absolute atomic E-state index is 0. The van der Waals surface area contributed by atoms with E-state index in [0.29, 0.717) is 23.0 Å². The Balaban J connectivity index is 0.000000155. The molecule has 0 spiro atoms. The minimum Gasteiger partial charge on any atom is -0.184 e. The summed E-state index contributed by atoms with van der Waals surface area (Å²) in [6, 6.07) is 49.0. The van der Waals surface area contributed by atoms with Gasteiger partial charge in [0.25, 0.3) is 0 Å². The van der Waals surface area contributed by atoms with Gasteiger partial charge < -0.3 is 0 Å². The Bertz CT molecular complexity index is 2510. The van der Waals surface area contributed by atoms with E-state index in [0.717, 1.165) is 56.0 Å². The van der Waals surface area contributed by atoms with Crippen LogP contribution in [0.1, 0.15) is 49.9 Å². The van der Waals surface area contributed by atoms with E-state index >= 15 is 0 Å². The Morgan fingerprint density at radius 1 is 0.500 bits per heavy atom. The van der Waals surface area contributed by atoms with Crippen molar-refractivity contribution < 1.29 is 52.5 Å². The summed E-state index contributed by atoms with van der Waals surface area (Å²) >= 11 is 0. The third kappa shape index (κ3) is 10.2. The van der Waals surface area contributed by atoms with Crippen LogP contribution < -0.4 is 10.4 Å². The quantitative estimate of drug-likeness (QED) is 0.0886. The van der Waals surface area contributed by atoms with Crippen LogP contribution in [-0.2, 0) is 51.4 Å². The topological polar surface area (TPSA) is 0 Å². The van der Waals surface area contributed by atoms with Crippen molar-refractivity contribution in [2.75, 3.05) is 0 Å². The van der Waals surface area contributed by atoms with Gasteiger partial charge in [0, 0.05) is 0 Å². The summed E-state index contributed by atoms with van der Waals surface area (Å²) in [6.45, 7) is 8.55. The van der Waals surface area contributed by atoms with Crippen molar-refractivity contribution in [3.63, 3.8) is 0 Å². The third-order valence-electron chi connectivity index (χ3n) is 10.3. The van der Waals surface area contributed by atoms with Gasteiger partial charge in [-0.05, 0) is 47.9 Å². The maximum atomic E-state index is 13.3. The molecule has 8 aromatic carbocycles. The zero-order chi connectivity index (χ0) is 41.9. The van der Waals surface area contributed by atoms with Crippen LogP contribution in [0.4, 0.5) is 26.3 Å². The van der Waals surface area contributed by atoms with E-state index in [2.05, 4.69) is 82.3 Å². The van der Waals surface area contributed by atoms with Crippen LogP contribution in [0.25, 0.3) is 54.9 Å². The van der Waals surface area contributed by atoms with E-state index in [4.69, 9.17) is 0 Å². The van der Waals surface area contributed by atoms with Crippen molar-refractivity contribution in [2.24, 2.45) is 11.8 Å². The number of fused-ring (bicyclic) bond motifs is 5.